The van der Waals surface area contributed by atoms with Crippen molar-refractivity contribution in [2.24, 2.45) is 12.8 Å². The molecule has 0 fully saturated rings. The van der Waals surface area contributed by atoms with Crippen molar-refractivity contribution in [3.05, 3.63) is 18.0 Å². The molecule has 1 aromatic rings. The zero-order chi connectivity index (χ0) is 11.1. The Morgan fingerprint density at radius 1 is 1.47 bits per heavy atom. The molecule has 0 saturated carbocycles. The van der Waals surface area contributed by atoms with Gasteiger partial charge in [0.25, 0.3) is 0 Å². The summed E-state index contributed by atoms with van der Waals surface area (Å²) in [6.45, 7) is 6.10. The summed E-state index contributed by atoms with van der Waals surface area (Å²) in [5.74, 6) is 0. The minimum Gasteiger partial charge on any atom is -0.330 e. The number of hydrogen-bond donors (Lipinski definition) is 1. The van der Waals surface area contributed by atoms with Gasteiger partial charge in [0.2, 0.25) is 0 Å². The summed E-state index contributed by atoms with van der Waals surface area (Å²) in [7, 11) is 1.95. The van der Waals surface area contributed by atoms with Crippen molar-refractivity contribution in [2.75, 3.05) is 19.6 Å². The van der Waals surface area contributed by atoms with Gasteiger partial charge in [-0.25, -0.2) is 0 Å². The van der Waals surface area contributed by atoms with Crippen molar-refractivity contribution >= 4 is 0 Å². The highest BCUT2D eigenvalue weighted by molar-refractivity contribution is 4.98. The monoisotopic (exact) mass is 210 g/mol. The van der Waals surface area contributed by atoms with E-state index in [-0.39, 0.29) is 0 Å². The van der Waals surface area contributed by atoms with Crippen LogP contribution in [-0.2, 0) is 13.6 Å². The molecule has 86 valence electrons. The highest BCUT2D eigenvalue weighted by Crippen LogP contribution is 2.03. The maximum atomic E-state index is 5.52. The Kier molecular flexibility index (Phi) is 5.36. The standard InChI is InChI=1S/C11H22N4/c1-3-7-15(8-4-6-12)10-11-5-9-14(2)13-11/h5,9H,3-4,6-8,10,12H2,1-2H3. The molecule has 0 saturated heterocycles. The first-order valence-corrected chi connectivity index (χ1v) is 5.67. The molecule has 1 rings (SSSR count). The highest BCUT2D eigenvalue weighted by atomic mass is 15.3. The van der Waals surface area contributed by atoms with Crippen molar-refractivity contribution in [1.82, 2.24) is 14.7 Å². The normalized spacial score (nSPS) is 11.2. The number of nitrogens with two attached hydrogens (primary N) is 1. The van der Waals surface area contributed by atoms with Crippen LogP contribution in [0.25, 0.3) is 0 Å². The fourth-order valence-corrected chi connectivity index (χ4v) is 1.68. The Morgan fingerprint density at radius 2 is 2.27 bits per heavy atom. The van der Waals surface area contributed by atoms with E-state index in [0.717, 1.165) is 38.3 Å². The summed E-state index contributed by atoms with van der Waals surface area (Å²) in [4.78, 5) is 2.41. The number of nitrogens with zero attached hydrogens (tertiary/aromatic N) is 3. The van der Waals surface area contributed by atoms with Crippen LogP contribution in [0.3, 0.4) is 0 Å². The van der Waals surface area contributed by atoms with Gasteiger partial charge in [0.1, 0.15) is 0 Å². The van der Waals surface area contributed by atoms with Gasteiger partial charge in [0.15, 0.2) is 0 Å². The lowest BCUT2D eigenvalue weighted by atomic mass is 10.3. The van der Waals surface area contributed by atoms with E-state index in [4.69, 9.17) is 5.73 Å². The minimum atomic E-state index is 0.766. The lowest BCUT2D eigenvalue weighted by molar-refractivity contribution is 0.260. The third kappa shape index (κ3) is 4.44. The summed E-state index contributed by atoms with van der Waals surface area (Å²) in [5, 5.41) is 4.38. The summed E-state index contributed by atoms with van der Waals surface area (Å²) in [6.07, 6.45) is 4.23. The predicted octanol–water partition coefficient (Wildman–Crippen LogP) is 0.981. The SMILES string of the molecule is CCCN(CCCN)Cc1ccn(C)n1. The molecule has 0 unspecified atom stereocenters. The van der Waals surface area contributed by atoms with E-state index in [9.17, 15) is 0 Å². The third-order valence-corrected chi connectivity index (χ3v) is 2.37. The molecule has 0 amide bonds. The summed E-state index contributed by atoms with van der Waals surface area (Å²) in [6, 6.07) is 2.07. The number of aryl methyl sites for hydroxylation is 1. The number of aromatic nitrogens is 2. The van der Waals surface area contributed by atoms with Crippen LogP contribution >= 0.6 is 0 Å². The highest BCUT2D eigenvalue weighted by Gasteiger charge is 2.06. The van der Waals surface area contributed by atoms with E-state index in [2.05, 4.69) is 23.0 Å². The summed E-state index contributed by atoms with van der Waals surface area (Å²) >= 11 is 0. The van der Waals surface area contributed by atoms with Crippen LogP contribution in [0.5, 0.6) is 0 Å². The third-order valence-electron chi connectivity index (χ3n) is 2.37. The van der Waals surface area contributed by atoms with E-state index in [1.54, 1.807) is 0 Å². The average Bonchev–Trinajstić information content (AvgIpc) is 2.61. The topological polar surface area (TPSA) is 47.1 Å². The Balaban J connectivity index is 2.42. The van der Waals surface area contributed by atoms with Crippen molar-refractivity contribution in [2.45, 2.75) is 26.3 Å². The van der Waals surface area contributed by atoms with E-state index >= 15 is 0 Å². The van der Waals surface area contributed by atoms with Gasteiger partial charge in [-0.15, -0.1) is 0 Å². The van der Waals surface area contributed by atoms with Gasteiger partial charge in [-0.05, 0) is 38.5 Å². The second kappa shape index (κ2) is 6.58. The van der Waals surface area contributed by atoms with Crippen LogP contribution in [0, 0.1) is 0 Å². The predicted molar refractivity (Wildman–Crippen MR) is 62.4 cm³/mol. The first-order chi connectivity index (χ1) is 7.26. The largest absolute Gasteiger partial charge is 0.330 e. The molecule has 0 radical (unpaired) electrons. The van der Waals surface area contributed by atoms with Crippen molar-refractivity contribution < 1.29 is 0 Å². The van der Waals surface area contributed by atoms with Gasteiger partial charge in [0, 0.05) is 19.8 Å². The summed E-state index contributed by atoms with van der Waals surface area (Å²) in [5.41, 5.74) is 6.67. The molecule has 15 heavy (non-hydrogen) atoms. The van der Waals surface area contributed by atoms with Crippen LogP contribution in [0.2, 0.25) is 0 Å². The molecule has 2 N–H and O–H groups in total. The van der Waals surface area contributed by atoms with E-state index in [0.29, 0.717) is 0 Å². The molecule has 0 aliphatic carbocycles. The van der Waals surface area contributed by atoms with Gasteiger partial charge in [-0.3, -0.25) is 9.58 Å². The average molecular weight is 210 g/mol. The van der Waals surface area contributed by atoms with Gasteiger partial charge in [-0.2, -0.15) is 5.10 Å². The van der Waals surface area contributed by atoms with Crippen LogP contribution < -0.4 is 5.73 Å². The summed E-state index contributed by atoms with van der Waals surface area (Å²) < 4.78 is 1.85. The van der Waals surface area contributed by atoms with Gasteiger partial charge >= 0.3 is 0 Å². The van der Waals surface area contributed by atoms with Crippen LogP contribution in [0.1, 0.15) is 25.5 Å². The lowest BCUT2D eigenvalue weighted by Crippen LogP contribution is -2.27. The van der Waals surface area contributed by atoms with E-state index in [1.165, 1.54) is 6.42 Å². The Hall–Kier alpha value is -0.870. The van der Waals surface area contributed by atoms with Crippen LogP contribution in [0.15, 0.2) is 12.3 Å². The van der Waals surface area contributed by atoms with Crippen molar-refractivity contribution in [3.63, 3.8) is 0 Å². The molecule has 1 heterocycles. The van der Waals surface area contributed by atoms with Crippen LogP contribution in [-0.4, -0.2) is 34.3 Å². The Labute approximate surface area is 92.1 Å². The zero-order valence-corrected chi connectivity index (χ0v) is 9.82. The smallest absolute Gasteiger partial charge is 0.0764 e. The van der Waals surface area contributed by atoms with Crippen molar-refractivity contribution in [1.29, 1.82) is 0 Å². The molecule has 0 bridgehead atoms. The molecule has 0 aliphatic heterocycles. The molecule has 4 heteroatoms. The Bertz CT molecular complexity index is 269. The van der Waals surface area contributed by atoms with Crippen molar-refractivity contribution in [3.8, 4) is 0 Å². The first kappa shape index (κ1) is 12.2. The quantitative estimate of drug-likeness (QED) is 0.730. The van der Waals surface area contributed by atoms with E-state index < -0.39 is 0 Å². The Morgan fingerprint density at radius 3 is 2.80 bits per heavy atom. The second-order valence-corrected chi connectivity index (χ2v) is 3.90. The molecule has 0 aromatic carbocycles. The second-order valence-electron chi connectivity index (χ2n) is 3.90. The molecule has 0 aliphatic rings. The molecular formula is C11H22N4. The van der Waals surface area contributed by atoms with Gasteiger partial charge < -0.3 is 5.73 Å². The fourth-order valence-electron chi connectivity index (χ4n) is 1.68. The fraction of sp³-hybridized carbons (Fsp3) is 0.727. The van der Waals surface area contributed by atoms with Gasteiger partial charge in [-0.1, -0.05) is 6.92 Å². The molecule has 0 atom stereocenters. The van der Waals surface area contributed by atoms with Crippen LogP contribution in [0.4, 0.5) is 0 Å². The molecule has 0 spiro atoms. The lowest BCUT2D eigenvalue weighted by Gasteiger charge is -2.19. The van der Waals surface area contributed by atoms with E-state index in [1.807, 2.05) is 17.9 Å². The molecular weight excluding hydrogens is 188 g/mol. The molecule has 1 aromatic heterocycles. The maximum absolute atomic E-state index is 5.52. The first-order valence-electron chi connectivity index (χ1n) is 5.67. The zero-order valence-electron chi connectivity index (χ0n) is 9.82. The van der Waals surface area contributed by atoms with Gasteiger partial charge in [0.05, 0.1) is 5.69 Å². The minimum absolute atomic E-state index is 0.766. The number of hydrogen-bond acceptors (Lipinski definition) is 3. The molecule has 4 nitrogen and oxygen atoms in total. The maximum Gasteiger partial charge on any atom is 0.0764 e. The number of rotatable bonds is 7.